The Labute approximate surface area is 60.9 Å². The van der Waals surface area contributed by atoms with Crippen molar-refractivity contribution in [2.45, 2.75) is 12.5 Å². The van der Waals surface area contributed by atoms with Gasteiger partial charge in [0.05, 0.1) is 12.7 Å². The molecule has 0 aromatic heterocycles. The number of nitrogens with zero attached hydrogens (tertiary/aromatic N) is 1. The first kappa shape index (κ1) is 7.72. The molecule has 0 bridgehead atoms. The molecule has 1 heterocycles. The molecule has 3 heteroatoms. The second kappa shape index (κ2) is 3.71. The summed E-state index contributed by atoms with van der Waals surface area (Å²) < 4.78 is 5.28. The fraction of sp³-hybridized carbons (Fsp3) is 0.714. The summed E-state index contributed by atoms with van der Waals surface area (Å²) in [6.45, 7) is 5.14. The summed E-state index contributed by atoms with van der Waals surface area (Å²) in [4.78, 5) is 0. The zero-order chi connectivity index (χ0) is 7.40. The highest BCUT2D eigenvalue weighted by Gasteiger charge is 2.12. The van der Waals surface area contributed by atoms with Gasteiger partial charge in [0.25, 0.3) is 0 Å². The number of rotatable bonds is 2. The van der Waals surface area contributed by atoms with Crippen molar-refractivity contribution in [3.8, 4) is 0 Å². The van der Waals surface area contributed by atoms with Crippen molar-refractivity contribution in [3.63, 3.8) is 0 Å². The first-order chi connectivity index (χ1) is 4.83. The quantitative estimate of drug-likeness (QED) is 0.534. The van der Waals surface area contributed by atoms with E-state index < -0.39 is 0 Å². The van der Waals surface area contributed by atoms with Crippen LogP contribution in [0.4, 0.5) is 0 Å². The standard InChI is InChI=1S/C7H12NO2/c1-2-3-7-6-8(9)4-5-10-7/h2,7H,1,3-6H2/q-1. The summed E-state index contributed by atoms with van der Waals surface area (Å²) in [5.41, 5.74) is 0. The van der Waals surface area contributed by atoms with Crippen LogP contribution >= 0.6 is 0 Å². The third-order valence-electron chi connectivity index (χ3n) is 1.53. The molecule has 1 fully saturated rings. The maximum Gasteiger partial charge on any atom is 0.0727 e. The van der Waals surface area contributed by atoms with E-state index in [1.807, 2.05) is 0 Å². The van der Waals surface area contributed by atoms with E-state index in [-0.39, 0.29) is 6.10 Å². The van der Waals surface area contributed by atoms with Gasteiger partial charge < -0.3 is 15.0 Å². The predicted molar refractivity (Wildman–Crippen MR) is 39.5 cm³/mol. The number of hydroxylamine groups is 2. The molecule has 1 atom stereocenters. The van der Waals surface area contributed by atoms with Crippen LogP contribution in [0.5, 0.6) is 0 Å². The van der Waals surface area contributed by atoms with Gasteiger partial charge in [0.1, 0.15) is 0 Å². The van der Waals surface area contributed by atoms with Crippen LogP contribution in [0.1, 0.15) is 6.42 Å². The lowest BCUT2D eigenvalue weighted by atomic mass is 10.2. The average Bonchev–Trinajstić information content (AvgIpc) is 1.88. The number of hydrogen-bond acceptors (Lipinski definition) is 3. The molecule has 0 saturated carbocycles. The second-order valence-electron chi connectivity index (χ2n) is 2.41. The number of hydrogen-bond donors (Lipinski definition) is 0. The van der Waals surface area contributed by atoms with Crippen LogP contribution in [0.2, 0.25) is 0 Å². The lowest BCUT2D eigenvalue weighted by molar-refractivity contribution is -0.00999. The average molecular weight is 142 g/mol. The van der Waals surface area contributed by atoms with Crippen molar-refractivity contribution in [3.05, 3.63) is 17.9 Å². The van der Waals surface area contributed by atoms with Crippen LogP contribution in [0.25, 0.3) is 0 Å². The molecule has 0 spiro atoms. The lowest BCUT2D eigenvalue weighted by Crippen LogP contribution is -2.38. The van der Waals surface area contributed by atoms with Gasteiger partial charge in [-0.25, -0.2) is 0 Å². The van der Waals surface area contributed by atoms with Crippen LogP contribution in [0.3, 0.4) is 0 Å². The Balaban J connectivity index is 2.24. The highest BCUT2D eigenvalue weighted by atomic mass is 16.5. The molecule has 0 amide bonds. The van der Waals surface area contributed by atoms with Gasteiger partial charge in [0.15, 0.2) is 0 Å². The van der Waals surface area contributed by atoms with Crippen LogP contribution < -0.4 is 0 Å². The van der Waals surface area contributed by atoms with Gasteiger partial charge in [-0.15, -0.1) is 6.58 Å². The SMILES string of the molecule is C=CCC1CN([O-])CCO1. The molecule has 1 unspecified atom stereocenters. The van der Waals surface area contributed by atoms with E-state index in [0.717, 1.165) is 11.5 Å². The Morgan fingerprint density at radius 1 is 1.80 bits per heavy atom. The van der Waals surface area contributed by atoms with Gasteiger partial charge in [-0.1, -0.05) is 6.08 Å². The molecule has 1 aliphatic heterocycles. The van der Waals surface area contributed by atoms with E-state index in [1.54, 1.807) is 6.08 Å². The van der Waals surface area contributed by atoms with Gasteiger partial charge in [0, 0.05) is 13.1 Å². The van der Waals surface area contributed by atoms with Crippen molar-refractivity contribution in [2.24, 2.45) is 0 Å². The number of ether oxygens (including phenoxy) is 1. The van der Waals surface area contributed by atoms with Crippen molar-refractivity contribution in [1.29, 1.82) is 0 Å². The molecule has 58 valence electrons. The minimum Gasteiger partial charge on any atom is -0.785 e. The number of morpholine rings is 1. The van der Waals surface area contributed by atoms with Gasteiger partial charge in [0.2, 0.25) is 0 Å². The smallest absolute Gasteiger partial charge is 0.0727 e. The van der Waals surface area contributed by atoms with E-state index in [1.165, 1.54) is 0 Å². The summed E-state index contributed by atoms with van der Waals surface area (Å²) in [5.74, 6) is 0. The largest absolute Gasteiger partial charge is 0.785 e. The third kappa shape index (κ3) is 2.10. The molecule has 10 heavy (non-hydrogen) atoms. The molecule has 0 aromatic carbocycles. The lowest BCUT2D eigenvalue weighted by Gasteiger charge is -2.36. The van der Waals surface area contributed by atoms with Gasteiger partial charge in [-0.05, 0) is 6.42 Å². The van der Waals surface area contributed by atoms with Crippen molar-refractivity contribution in [2.75, 3.05) is 19.7 Å². The molecular weight excluding hydrogens is 130 g/mol. The van der Waals surface area contributed by atoms with Gasteiger partial charge >= 0.3 is 0 Å². The highest BCUT2D eigenvalue weighted by molar-refractivity contribution is 4.79. The van der Waals surface area contributed by atoms with E-state index in [4.69, 9.17) is 4.74 Å². The van der Waals surface area contributed by atoms with E-state index in [2.05, 4.69) is 6.58 Å². The summed E-state index contributed by atoms with van der Waals surface area (Å²) >= 11 is 0. The second-order valence-corrected chi connectivity index (χ2v) is 2.41. The molecule has 1 aliphatic rings. The van der Waals surface area contributed by atoms with Crippen LogP contribution in [-0.4, -0.2) is 30.9 Å². The van der Waals surface area contributed by atoms with E-state index in [0.29, 0.717) is 19.7 Å². The normalized spacial score (nSPS) is 28.3. The maximum atomic E-state index is 10.8. The van der Waals surface area contributed by atoms with Crippen molar-refractivity contribution < 1.29 is 4.74 Å². The maximum absolute atomic E-state index is 10.8. The highest BCUT2D eigenvalue weighted by Crippen LogP contribution is 2.06. The molecule has 3 nitrogen and oxygen atoms in total. The monoisotopic (exact) mass is 142 g/mol. The summed E-state index contributed by atoms with van der Waals surface area (Å²) in [7, 11) is 0. The fourth-order valence-electron chi connectivity index (χ4n) is 1.02. The van der Waals surface area contributed by atoms with Crippen molar-refractivity contribution >= 4 is 0 Å². The Hall–Kier alpha value is -0.380. The Morgan fingerprint density at radius 2 is 2.60 bits per heavy atom. The van der Waals surface area contributed by atoms with E-state index >= 15 is 0 Å². The van der Waals surface area contributed by atoms with E-state index in [9.17, 15) is 5.21 Å². The molecule has 0 N–H and O–H groups in total. The zero-order valence-electron chi connectivity index (χ0n) is 5.95. The minimum atomic E-state index is 0.0729. The molecule has 0 radical (unpaired) electrons. The predicted octanol–water partition coefficient (Wildman–Crippen LogP) is 0.761. The third-order valence-corrected chi connectivity index (χ3v) is 1.53. The Morgan fingerprint density at radius 3 is 3.20 bits per heavy atom. The Kier molecular flexibility index (Phi) is 2.86. The van der Waals surface area contributed by atoms with Gasteiger partial charge in [-0.2, -0.15) is 0 Å². The molecule has 1 saturated heterocycles. The summed E-state index contributed by atoms with van der Waals surface area (Å²) in [6, 6.07) is 0. The Bertz CT molecular complexity index is 116. The molecular formula is C7H12NO2-. The minimum absolute atomic E-state index is 0.0729. The van der Waals surface area contributed by atoms with Crippen LogP contribution in [-0.2, 0) is 4.74 Å². The van der Waals surface area contributed by atoms with Crippen LogP contribution in [0, 0.1) is 5.21 Å². The molecule has 0 aliphatic carbocycles. The fourth-order valence-corrected chi connectivity index (χ4v) is 1.02. The summed E-state index contributed by atoms with van der Waals surface area (Å²) in [6.07, 6.45) is 2.63. The first-order valence-electron chi connectivity index (χ1n) is 3.47. The molecule has 1 rings (SSSR count). The van der Waals surface area contributed by atoms with Crippen LogP contribution in [0.15, 0.2) is 12.7 Å². The van der Waals surface area contributed by atoms with Crippen molar-refractivity contribution in [1.82, 2.24) is 5.06 Å². The first-order valence-corrected chi connectivity index (χ1v) is 3.47. The van der Waals surface area contributed by atoms with Gasteiger partial charge in [-0.3, -0.25) is 0 Å². The zero-order valence-corrected chi connectivity index (χ0v) is 5.95. The summed E-state index contributed by atoms with van der Waals surface area (Å²) in [5, 5.41) is 11.8. The topological polar surface area (TPSA) is 35.5 Å². The molecule has 0 aromatic rings.